The van der Waals surface area contributed by atoms with Crippen LogP contribution in [0.15, 0.2) is 24.3 Å². The van der Waals surface area contributed by atoms with Gasteiger partial charge in [-0.15, -0.1) is 0 Å². The molecule has 0 N–H and O–H groups in total. The number of carbonyl (C=O) groups excluding carboxylic acids is 1. The van der Waals surface area contributed by atoms with Crippen molar-refractivity contribution in [2.45, 2.75) is 39.2 Å². The van der Waals surface area contributed by atoms with Crippen LogP contribution in [0, 0.1) is 6.92 Å². The van der Waals surface area contributed by atoms with Crippen LogP contribution >= 0.6 is 11.6 Å². The lowest BCUT2D eigenvalue weighted by atomic mass is 10.0. The molecule has 0 radical (unpaired) electrons. The molecule has 1 amide bonds. The third-order valence-corrected chi connectivity index (χ3v) is 5.59. The minimum atomic E-state index is -0.0224. The molecule has 0 aliphatic carbocycles. The van der Waals surface area contributed by atoms with Gasteiger partial charge in [-0.1, -0.05) is 11.6 Å². The monoisotopic (exact) mass is 400 g/mol. The van der Waals surface area contributed by atoms with Crippen LogP contribution in [0.1, 0.15) is 36.3 Å². The predicted octanol–water partition coefficient (Wildman–Crippen LogP) is 3.39. The number of hydrogen-bond acceptors (Lipinski definition) is 5. The molecule has 0 saturated carbocycles. The van der Waals surface area contributed by atoms with Gasteiger partial charge >= 0.3 is 0 Å². The van der Waals surface area contributed by atoms with E-state index in [1.165, 1.54) is 19.3 Å². The Balaban J connectivity index is 1.47. The Morgan fingerprint density at radius 3 is 2.61 bits per heavy atom. The fourth-order valence-electron chi connectivity index (χ4n) is 3.86. The summed E-state index contributed by atoms with van der Waals surface area (Å²) in [7, 11) is 0. The maximum absolute atomic E-state index is 12.7. The van der Waals surface area contributed by atoms with Crippen molar-refractivity contribution in [1.82, 2.24) is 14.9 Å². The van der Waals surface area contributed by atoms with Gasteiger partial charge in [0.2, 0.25) is 0 Å². The molecule has 3 heterocycles. The summed E-state index contributed by atoms with van der Waals surface area (Å²) in [5.41, 5.74) is 2.18. The van der Waals surface area contributed by atoms with E-state index in [1.54, 1.807) is 24.3 Å². The summed E-state index contributed by atoms with van der Waals surface area (Å²) in [5.74, 6) is 2.44. The summed E-state index contributed by atoms with van der Waals surface area (Å²) < 4.78 is 5.64. The van der Waals surface area contributed by atoms with E-state index in [1.807, 2.05) is 11.8 Å². The van der Waals surface area contributed by atoms with Crippen molar-refractivity contribution in [3.8, 4) is 5.75 Å². The zero-order valence-electron chi connectivity index (χ0n) is 16.2. The highest BCUT2D eigenvalue weighted by Gasteiger charge is 2.27. The fraction of sp³-hybridized carbons (Fsp3) is 0.476. The smallest absolute Gasteiger partial charge is 0.260 e. The number of hydrogen-bond donors (Lipinski definition) is 0. The van der Waals surface area contributed by atoms with Crippen LogP contribution in [0.25, 0.3) is 0 Å². The molecular formula is C21H25ClN4O2. The molecular weight excluding hydrogens is 376 g/mol. The van der Waals surface area contributed by atoms with E-state index in [2.05, 4.69) is 9.88 Å². The molecule has 6 nitrogen and oxygen atoms in total. The third kappa shape index (κ3) is 4.22. The molecule has 2 aliphatic rings. The first-order chi connectivity index (χ1) is 13.6. The quantitative estimate of drug-likeness (QED) is 0.787. The summed E-state index contributed by atoms with van der Waals surface area (Å²) in [6, 6.07) is 7.05. The number of piperidine rings is 1. The molecule has 0 unspecified atom stereocenters. The second kappa shape index (κ2) is 8.35. The predicted molar refractivity (Wildman–Crippen MR) is 109 cm³/mol. The van der Waals surface area contributed by atoms with Crippen LogP contribution in [0.5, 0.6) is 5.75 Å². The van der Waals surface area contributed by atoms with Crippen molar-refractivity contribution in [1.29, 1.82) is 0 Å². The number of benzene rings is 1. The summed E-state index contributed by atoms with van der Waals surface area (Å²) in [6.07, 6.45) is 4.41. The van der Waals surface area contributed by atoms with Crippen molar-refractivity contribution in [2.75, 3.05) is 31.1 Å². The Bertz CT molecular complexity index is 850. The summed E-state index contributed by atoms with van der Waals surface area (Å²) in [6.45, 7) is 5.22. The molecule has 1 fully saturated rings. The average Bonchev–Trinajstić information content (AvgIpc) is 2.73. The fourth-order valence-corrected chi connectivity index (χ4v) is 3.99. The van der Waals surface area contributed by atoms with Gasteiger partial charge in [0.15, 0.2) is 6.61 Å². The van der Waals surface area contributed by atoms with Gasteiger partial charge in [0.05, 0.1) is 12.2 Å². The summed E-state index contributed by atoms with van der Waals surface area (Å²) in [5, 5.41) is 0.645. The largest absolute Gasteiger partial charge is 0.484 e. The van der Waals surface area contributed by atoms with E-state index in [4.69, 9.17) is 21.3 Å². The number of rotatable bonds is 4. The molecule has 0 atom stereocenters. The molecule has 0 spiro atoms. The van der Waals surface area contributed by atoms with Gasteiger partial charge in [-0.25, -0.2) is 9.97 Å². The molecule has 28 heavy (non-hydrogen) atoms. The number of aromatic nitrogens is 2. The summed E-state index contributed by atoms with van der Waals surface area (Å²) in [4.78, 5) is 26.3. The van der Waals surface area contributed by atoms with E-state index in [9.17, 15) is 4.79 Å². The molecule has 0 bridgehead atoms. The SMILES string of the molecule is Cc1nc2c(c(N3CCCCC3)n1)CN(C(=O)COc1ccc(Cl)cc1)CC2. The third-order valence-electron chi connectivity index (χ3n) is 5.33. The van der Waals surface area contributed by atoms with Crippen molar-refractivity contribution in [2.24, 2.45) is 0 Å². The number of ether oxygens (including phenoxy) is 1. The van der Waals surface area contributed by atoms with Gasteiger partial charge in [-0.2, -0.15) is 0 Å². The maximum atomic E-state index is 12.7. The second-order valence-electron chi connectivity index (χ2n) is 7.38. The van der Waals surface area contributed by atoms with E-state index >= 15 is 0 Å². The van der Waals surface area contributed by atoms with Crippen LogP contribution in [0.3, 0.4) is 0 Å². The van der Waals surface area contributed by atoms with Crippen molar-refractivity contribution < 1.29 is 9.53 Å². The van der Waals surface area contributed by atoms with Crippen LogP contribution in [0.4, 0.5) is 5.82 Å². The van der Waals surface area contributed by atoms with Gasteiger partial charge in [-0.05, 0) is 50.5 Å². The highest BCUT2D eigenvalue weighted by molar-refractivity contribution is 6.30. The normalized spacial score (nSPS) is 16.6. The minimum Gasteiger partial charge on any atom is -0.484 e. The maximum Gasteiger partial charge on any atom is 0.260 e. The molecule has 1 saturated heterocycles. The van der Waals surface area contributed by atoms with Gasteiger partial charge < -0.3 is 14.5 Å². The van der Waals surface area contributed by atoms with Crippen LogP contribution in [0.2, 0.25) is 5.02 Å². The minimum absolute atomic E-state index is 0.0166. The lowest BCUT2D eigenvalue weighted by molar-refractivity contribution is -0.134. The number of aryl methyl sites for hydroxylation is 1. The van der Waals surface area contributed by atoms with Crippen molar-refractivity contribution in [3.05, 3.63) is 46.4 Å². The molecule has 148 valence electrons. The van der Waals surface area contributed by atoms with Gasteiger partial charge in [0, 0.05) is 36.6 Å². The first-order valence-corrected chi connectivity index (χ1v) is 10.3. The first kappa shape index (κ1) is 19.0. The Morgan fingerprint density at radius 1 is 1.11 bits per heavy atom. The number of halogens is 1. The standard InChI is InChI=1S/C21H25ClN4O2/c1-15-23-19-9-12-26(20(27)14-28-17-7-5-16(22)6-8-17)13-18(19)21(24-15)25-10-3-2-4-11-25/h5-8H,2-4,9-14H2,1H3. The van der Waals surface area contributed by atoms with Crippen LogP contribution in [-0.2, 0) is 17.8 Å². The Hall–Kier alpha value is -2.34. The number of carbonyl (C=O) groups is 1. The topological polar surface area (TPSA) is 58.6 Å². The molecule has 2 aliphatic heterocycles. The Morgan fingerprint density at radius 2 is 1.86 bits per heavy atom. The van der Waals surface area contributed by atoms with Gasteiger partial charge in [0.1, 0.15) is 17.4 Å². The molecule has 2 aromatic rings. The van der Waals surface area contributed by atoms with Crippen molar-refractivity contribution >= 4 is 23.3 Å². The number of fused-ring (bicyclic) bond motifs is 1. The average molecular weight is 401 g/mol. The van der Waals surface area contributed by atoms with Crippen molar-refractivity contribution in [3.63, 3.8) is 0 Å². The van der Waals surface area contributed by atoms with Crippen LogP contribution < -0.4 is 9.64 Å². The molecule has 4 rings (SSSR count). The Kier molecular flexibility index (Phi) is 5.67. The number of nitrogens with zero attached hydrogens (tertiary/aromatic N) is 4. The number of anilines is 1. The first-order valence-electron chi connectivity index (χ1n) is 9.87. The van der Waals surface area contributed by atoms with Crippen LogP contribution in [-0.4, -0.2) is 47.0 Å². The lowest BCUT2D eigenvalue weighted by Crippen LogP contribution is -2.41. The van der Waals surface area contributed by atoms with E-state index in [-0.39, 0.29) is 12.5 Å². The highest BCUT2D eigenvalue weighted by Crippen LogP contribution is 2.29. The molecule has 7 heteroatoms. The molecule has 1 aromatic carbocycles. The highest BCUT2D eigenvalue weighted by atomic mass is 35.5. The molecule has 1 aromatic heterocycles. The van der Waals surface area contributed by atoms with E-state index in [0.29, 0.717) is 23.9 Å². The van der Waals surface area contributed by atoms with E-state index < -0.39 is 0 Å². The zero-order valence-corrected chi connectivity index (χ0v) is 16.9. The lowest BCUT2D eigenvalue weighted by Gasteiger charge is -2.34. The Labute approximate surface area is 170 Å². The number of amides is 1. The second-order valence-corrected chi connectivity index (χ2v) is 7.81. The van der Waals surface area contributed by atoms with Gasteiger partial charge in [0.25, 0.3) is 5.91 Å². The van der Waals surface area contributed by atoms with Gasteiger partial charge in [-0.3, -0.25) is 4.79 Å². The summed E-state index contributed by atoms with van der Waals surface area (Å²) >= 11 is 5.89. The zero-order chi connectivity index (χ0) is 19.5. The van der Waals surface area contributed by atoms with E-state index in [0.717, 1.165) is 42.4 Å².